The molecule has 0 spiro atoms. The van der Waals surface area contributed by atoms with Crippen molar-refractivity contribution in [3.8, 4) is 5.88 Å². The van der Waals surface area contributed by atoms with Crippen LogP contribution >= 0.6 is 11.3 Å². The van der Waals surface area contributed by atoms with E-state index < -0.39 is 0 Å². The van der Waals surface area contributed by atoms with Gasteiger partial charge in [-0.2, -0.15) is 0 Å². The van der Waals surface area contributed by atoms with Crippen LogP contribution in [0.1, 0.15) is 29.8 Å². The van der Waals surface area contributed by atoms with Gasteiger partial charge in [-0.25, -0.2) is 15.0 Å². The largest absolute Gasteiger partial charge is 0.481 e. The van der Waals surface area contributed by atoms with Crippen molar-refractivity contribution >= 4 is 38.1 Å². The van der Waals surface area contributed by atoms with E-state index in [1.807, 2.05) is 6.92 Å². The molecule has 0 fully saturated rings. The van der Waals surface area contributed by atoms with Crippen LogP contribution in [0.15, 0.2) is 35.8 Å². The first-order valence-corrected chi connectivity index (χ1v) is 8.91. The van der Waals surface area contributed by atoms with Gasteiger partial charge in [0.05, 0.1) is 24.2 Å². The zero-order chi connectivity index (χ0) is 17.6. The lowest BCUT2D eigenvalue weighted by molar-refractivity contribution is 0.392. The van der Waals surface area contributed by atoms with E-state index in [0.29, 0.717) is 17.5 Å². The number of rotatable bonds is 3. The Morgan fingerprint density at radius 2 is 2.04 bits per heavy atom. The van der Waals surface area contributed by atoms with Crippen LogP contribution in [0.25, 0.3) is 21.0 Å². The van der Waals surface area contributed by atoms with E-state index in [9.17, 15) is 0 Å². The summed E-state index contributed by atoms with van der Waals surface area (Å²) in [6.07, 6.45) is 1.70. The number of nitrogens with zero attached hydrogens (tertiary/aromatic N) is 3. The number of nitrogen functional groups attached to an aromatic ring is 1. The van der Waals surface area contributed by atoms with E-state index >= 15 is 0 Å². The van der Waals surface area contributed by atoms with Crippen molar-refractivity contribution in [3.63, 3.8) is 0 Å². The Labute approximate surface area is 149 Å². The normalized spacial score (nSPS) is 12.6. The number of aryl methyl sites for hydroxylation is 1. The van der Waals surface area contributed by atoms with Crippen LogP contribution in [0, 0.1) is 6.92 Å². The van der Waals surface area contributed by atoms with Crippen LogP contribution < -0.4 is 10.5 Å². The minimum absolute atomic E-state index is 0.0399. The summed E-state index contributed by atoms with van der Waals surface area (Å²) >= 11 is 1.74. The zero-order valence-electron chi connectivity index (χ0n) is 14.3. The number of hydrogen-bond acceptors (Lipinski definition) is 6. The molecule has 1 aromatic carbocycles. The topological polar surface area (TPSA) is 73.9 Å². The molecular weight excluding hydrogens is 332 g/mol. The number of nitrogens with two attached hydrogens (primary N) is 1. The first-order chi connectivity index (χ1) is 12.1. The highest BCUT2D eigenvalue weighted by atomic mass is 32.1. The number of fused-ring (bicyclic) bond motifs is 2. The van der Waals surface area contributed by atoms with Gasteiger partial charge >= 0.3 is 0 Å². The number of hydrogen-bond donors (Lipinski definition) is 1. The quantitative estimate of drug-likeness (QED) is 0.596. The smallest absolute Gasteiger partial charge is 0.217 e. The van der Waals surface area contributed by atoms with Crippen LogP contribution in [-0.4, -0.2) is 22.1 Å². The molecule has 4 aromatic rings. The van der Waals surface area contributed by atoms with Crippen molar-refractivity contribution in [1.82, 2.24) is 15.0 Å². The second-order valence-corrected chi connectivity index (χ2v) is 6.95. The molecule has 0 saturated carbocycles. The third-order valence-electron chi connectivity index (χ3n) is 4.50. The highest BCUT2D eigenvalue weighted by Gasteiger charge is 2.23. The van der Waals surface area contributed by atoms with E-state index in [2.05, 4.69) is 51.5 Å². The molecule has 1 unspecified atom stereocenters. The fourth-order valence-corrected chi connectivity index (χ4v) is 4.22. The number of methoxy groups -OCH3 is 1. The SMILES string of the molecule is COc1ncc2nc(C)nc(N)c2c1C(C)c1cccc2sccc12. The molecule has 1 atom stereocenters. The Kier molecular flexibility index (Phi) is 3.77. The molecular formula is C19H18N4OS. The summed E-state index contributed by atoms with van der Waals surface area (Å²) in [7, 11) is 1.63. The van der Waals surface area contributed by atoms with Crippen LogP contribution in [0.4, 0.5) is 5.82 Å². The number of pyridine rings is 1. The van der Waals surface area contributed by atoms with E-state index in [-0.39, 0.29) is 5.92 Å². The van der Waals surface area contributed by atoms with Gasteiger partial charge in [0.15, 0.2) is 0 Å². The number of thiophene rings is 1. The van der Waals surface area contributed by atoms with Gasteiger partial charge in [0.1, 0.15) is 11.6 Å². The van der Waals surface area contributed by atoms with Gasteiger partial charge in [0.25, 0.3) is 0 Å². The highest BCUT2D eigenvalue weighted by molar-refractivity contribution is 7.17. The molecule has 2 N–H and O–H groups in total. The van der Waals surface area contributed by atoms with Gasteiger partial charge in [-0.15, -0.1) is 11.3 Å². The molecule has 0 aliphatic carbocycles. The van der Waals surface area contributed by atoms with Crippen molar-refractivity contribution in [2.45, 2.75) is 19.8 Å². The third-order valence-corrected chi connectivity index (χ3v) is 5.39. The zero-order valence-corrected chi connectivity index (χ0v) is 15.1. The Morgan fingerprint density at radius 3 is 2.84 bits per heavy atom. The van der Waals surface area contributed by atoms with Gasteiger partial charge in [-0.3, -0.25) is 0 Å². The molecule has 0 saturated heterocycles. The van der Waals surface area contributed by atoms with Crippen molar-refractivity contribution in [3.05, 3.63) is 52.8 Å². The Hall–Kier alpha value is -2.73. The molecule has 25 heavy (non-hydrogen) atoms. The molecule has 3 heterocycles. The van der Waals surface area contributed by atoms with Crippen LogP contribution in [0.5, 0.6) is 5.88 Å². The minimum atomic E-state index is 0.0399. The summed E-state index contributed by atoms with van der Waals surface area (Å²) in [4.78, 5) is 13.3. The van der Waals surface area contributed by atoms with Gasteiger partial charge in [-0.1, -0.05) is 19.1 Å². The molecule has 0 amide bonds. The molecule has 0 aliphatic heterocycles. The van der Waals surface area contributed by atoms with E-state index in [0.717, 1.165) is 16.5 Å². The van der Waals surface area contributed by atoms with Crippen molar-refractivity contribution in [2.75, 3.05) is 12.8 Å². The maximum atomic E-state index is 6.26. The fraction of sp³-hybridized carbons (Fsp3) is 0.211. The fourth-order valence-electron chi connectivity index (χ4n) is 3.40. The summed E-state index contributed by atoms with van der Waals surface area (Å²) in [5.41, 5.74) is 9.14. The Balaban J connectivity index is 2.03. The molecule has 126 valence electrons. The number of ether oxygens (including phenoxy) is 1. The van der Waals surface area contributed by atoms with Crippen LogP contribution in [-0.2, 0) is 0 Å². The molecule has 4 rings (SSSR count). The van der Waals surface area contributed by atoms with Gasteiger partial charge in [0, 0.05) is 16.2 Å². The van der Waals surface area contributed by atoms with Crippen LogP contribution in [0.3, 0.4) is 0 Å². The van der Waals surface area contributed by atoms with E-state index in [1.54, 1.807) is 24.6 Å². The van der Waals surface area contributed by atoms with Gasteiger partial charge < -0.3 is 10.5 Å². The maximum absolute atomic E-state index is 6.26. The monoisotopic (exact) mass is 350 g/mol. The average molecular weight is 350 g/mol. The first-order valence-electron chi connectivity index (χ1n) is 8.03. The summed E-state index contributed by atoms with van der Waals surface area (Å²) in [6.45, 7) is 3.97. The molecule has 5 nitrogen and oxygen atoms in total. The van der Waals surface area contributed by atoms with Gasteiger partial charge in [0.2, 0.25) is 5.88 Å². The molecule has 0 radical (unpaired) electrons. The predicted octanol–water partition coefficient (Wildman–Crippen LogP) is 4.29. The average Bonchev–Trinajstić information content (AvgIpc) is 3.08. The first kappa shape index (κ1) is 15.8. The Bertz CT molecular complexity index is 1090. The second kappa shape index (κ2) is 5.97. The lowest BCUT2D eigenvalue weighted by Crippen LogP contribution is -2.07. The third kappa shape index (κ3) is 2.49. The number of anilines is 1. The Morgan fingerprint density at radius 1 is 1.20 bits per heavy atom. The van der Waals surface area contributed by atoms with Gasteiger partial charge in [-0.05, 0) is 35.4 Å². The van der Waals surface area contributed by atoms with Crippen molar-refractivity contribution in [2.24, 2.45) is 0 Å². The predicted molar refractivity (Wildman–Crippen MR) is 102 cm³/mol. The van der Waals surface area contributed by atoms with Crippen LogP contribution in [0.2, 0.25) is 0 Å². The minimum Gasteiger partial charge on any atom is -0.481 e. The van der Waals surface area contributed by atoms with E-state index in [4.69, 9.17) is 10.5 Å². The lowest BCUT2D eigenvalue weighted by atomic mass is 9.89. The molecule has 0 bridgehead atoms. The number of benzene rings is 1. The van der Waals surface area contributed by atoms with Crippen molar-refractivity contribution in [1.29, 1.82) is 0 Å². The molecule has 0 aliphatic rings. The molecule has 6 heteroatoms. The second-order valence-electron chi connectivity index (χ2n) is 6.00. The summed E-state index contributed by atoms with van der Waals surface area (Å²) in [5.74, 6) is 1.70. The lowest BCUT2D eigenvalue weighted by Gasteiger charge is -2.19. The summed E-state index contributed by atoms with van der Waals surface area (Å²) in [6, 6.07) is 8.51. The molecule has 3 aromatic heterocycles. The number of aromatic nitrogens is 3. The standard InChI is InChI=1S/C19H18N4OS/c1-10(12-5-4-6-15-13(12)7-8-25-15)16-17-14(9-21-19(16)24-3)22-11(2)23-18(17)20/h4-10H,1-3H3,(H2,20,22,23). The summed E-state index contributed by atoms with van der Waals surface area (Å²) in [5, 5.41) is 4.17. The highest BCUT2D eigenvalue weighted by Crippen LogP contribution is 2.40. The van der Waals surface area contributed by atoms with Crippen molar-refractivity contribution < 1.29 is 4.74 Å². The summed E-state index contributed by atoms with van der Waals surface area (Å²) < 4.78 is 6.82. The maximum Gasteiger partial charge on any atom is 0.217 e. The van der Waals surface area contributed by atoms with E-state index in [1.165, 1.54) is 15.6 Å².